The summed E-state index contributed by atoms with van der Waals surface area (Å²) in [4.78, 5) is 4.75. The monoisotopic (exact) mass is 338 g/mol. The molecule has 0 unspecified atom stereocenters. The van der Waals surface area contributed by atoms with Gasteiger partial charge in [0.25, 0.3) is 0 Å². The zero-order valence-corrected chi connectivity index (χ0v) is 15.0. The Bertz CT molecular complexity index is 854. The third kappa shape index (κ3) is 4.01. The average Bonchev–Trinajstić information content (AvgIpc) is 2.89. The molecule has 0 aliphatic carbocycles. The van der Waals surface area contributed by atoms with Gasteiger partial charge in [0.15, 0.2) is 5.16 Å². The van der Waals surface area contributed by atoms with Crippen molar-refractivity contribution in [3.05, 3.63) is 66.2 Å². The van der Waals surface area contributed by atoms with Crippen LogP contribution < -0.4 is 4.74 Å². The van der Waals surface area contributed by atoms with Crippen molar-refractivity contribution in [1.82, 2.24) is 9.55 Å². The summed E-state index contributed by atoms with van der Waals surface area (Å²) in [6.07, 6.45) is 0. The molecule has 0 aliphatic rings. The zero-order valence-electron chi connectivity index (χ0n) is 14.2. The lowest BCUT2D eigenvalue weighted by Gasteiger charge is -2.09. The van der Waals surface area contributed by atoms with Crippen LogP contribution in [0.4, 0.5) is 0 Å². The summed E-state index contributed by atoms with van der Waals surface area (Å²) in [5.74, 6) is 1.78. The number of aryl methyl sites for hydroxylation is 1. The van der Waals surface area contributed by atoms with Gasteiger partial charge in [-0.3, -0.25) is 0 Å². The van der Waals surface area contributed by atoms with Gasteiger partial charge >= 0.3 is 0 Å². The van der Waals surface area contributed by atoms with Gasteiger partial charge in [0.05, 0.1) is 17.6 Å². The molecule has 0 saturated carbocycles. The second-order valence-electron chi connectivity index (χ2n) is 5.94. The first-order chi connectivity index (χ1) is 11.6. The molecule has 124 valence electrons. The number of para-hydroxylation sites is 2. The van der Waals surface area contributed by atoms with Gasteiger partial charge in [-0.25, -0.2) is 4.98 Å². The Morgan fingerprint density at radius 2 is 2.04 bits per heavy atom. The predicted molar refractivity (Wildman–Crippen MR) is 102 cm³/mol. The van der Waals surface area contributed by atoms with Crippen molar-refractivity contribution in [2.45, 2.75) is 25.5 Å². The van der Waals surface area contributed by atoms with E-state index in [1.165, 1.54) is 5.56 Å². The topological polar surface area (TPSA) is 27.1 Å². The smallest absolute Gasteiger partial charge is 0.169 e. The normalized spacial score (nSPS) is 10.9. The Morgan fingerprint density at radius 1 is 1.21 bits per heavy atom. The fourth-order valence-electron chi connectivity index (χ4n) is 2.58. The number of thioether (sulfide) groups is 1. The van der Waals surface area contributed by atoms with Crippen LogP contribution in [0.15, 0.2) is 65.8 Å². The molecule has 3 aromatic rings. The second-order valence-corrected chi connectivity index (χ2v) is 7.00. The molecule has 0 saturated heterocycles. The van der Waals surface area contributed by atoms with Crippen molar-refractivity contribution in [3.8, 4) is 5.75 Å². The van der Waals surface area contributed by atoms with Gasteiger partial charge in [0, 0.05) is 12.3 Å². The highest BCUT2D eigenvalue weighted by atomic mass is 32.2. The number of hydrogen-bond donors (Lipinski definition) is 0. The number of hydrogen-bond acceptors (Lipinski definition) is 3. The first kappa shape index (κ1) is 16.7. The second kappa shape index (κ2) is 7.58. The highest BCUT2D eigenvalue weighted by molar-refractivity contribution is 7.99. The maximum atomic E-state index is 5.83. The lowest BCUT2D eigenvalue weighted by Crippen LogP contribution is -2.04. The summed E-state index contributed by atoms with van der Waals surface area (Å²) in [6, 6.07) is 16.4. The number of rotatable bonds is 7. The number of imidazole rings is 1. The molecule has 0 spiro atoms. The molecule has 0 N–H and O–H groups in total. The van der Waals surface area contributed by atoms with Crippen LogP contribution in [0.2, 0.25) is 0 Å². The maximum absolute atomic E-state index is 5.83. The Morgan fingerprint density at radius 3 is 2.83 bits per heavy atom. The Labute approximate surface area is 147 Å². The van der Waals surface area contributed by atoms with Gasteiger partial charge in [0.1, 0.15) is 5.75 Å². The van der Waals surface area contributed by atoms with E-state index in [-0.39, 0.29) is 0 Å². The van der Waals surface area contributed by atoms with Crippen LogP contribution in [0.5, 0.6) is 5.75 Å². The fraction of sp³-hybridized carbons (Fsp3) is 0.250. The molecular weight excluding hydrogens is 316 g/mol. The quantitative estimate of drug-likeness (QED) is 0.341. The van der Waals surface area contributed by atoms with Crippen LogP contribution in [0, 0.1) is 6.92 Å². The summed E-state index contributed by atoms with van der Waals surface area (Å²) in [7, 11) is 0. The minimum atomic E-state index is 0.657. The molecule has 0 amide bonds. The molecular formula is C20H22N2OS. The summed E-state index contributed by atoms with van der Waals surface area (Å²) >= 11 is 1.72. The number of aromatic nitrogens is 2. The summed E-state index contributed by atoms with van der Waals surface area (Å²) in [5, 5.41) is 1.02. The molecule has 3 nitrogen and oxygen atoms in total. The van der Waals surface area contributed by atoms with Crippen molar-refractivity contribution >= 4 is 22.8 Å². The van der Waals surface area contributed by atoms with E-state index in [4.69, 9.17) is 9.72 Å². The van der Waals surface area contributed by atoms with Gasteiger partial charge in [-0.05, 0) is 43.7 Å². The SMILES string of the molecule is C=C(C)Cn1c(SCCOc2cccc(C)c2)nc2ccccc21. The third-order valence-corrected chi connectivity index (χ3v) is 4.56. The Hall–Kier alpha value is -2.20. The summed E-state index contributed by atoms with van der Waals surface area (Å²) < 4.78 is 8.06. The number of fused-ring (bicyclic) bond motifs is 1. The maximum Gasteiger partial charge on any atom is 0.169 e. The Kier molecular flexibility index (Phi) is 5.26. The molecule has 0 atom stereocenters. The van der Waals surface area contributed by atoms with Gasteiger partial charge in [0.2, 0.25) is 0 Å². The fourth-order valence-corrected chi connectivity index (χ4v) is 3.41. The largest absolute Gasteiger partial charge is 0.493 e. The zero-order chi connectivity index (χ0) is 16.9. The van der Waals surface area contributed by atoms with E-state index < -0.39 is 0 Å². The van der Waals surface area contributed by atoms with Gasteiger partial charge in [-0.1, -0.05) is 48.2 Å². The molecule has 0 radical (unpaired) electrons. The van der Waals surface area contributed by atoms with Gasteiger partial charge in [-0.2, -0.15) is 0 Å². The minimum Gasteiger partial charge on any atom is -0.493 e. The average molecular weight is 338 g/mol. The molecule has 0 fully saturated rings. The van der Waals surface area contributed by atoms with Crippen LogP contribution >= 0.6 is 11.8 Å². The van der Waals surface area contributed by atoms with Crippen LogP contribution in [-0.2, 0) is 6.54 Å². The molecule has 2 aromatic carbocycles. The summed E-state index contributed by atoms with van der Waals surface area (Å²) in [5.41, 5.74) is 4.52. The third-order valence-electron chi connectivity index (χ3n) is 3.62. The first-order valence-corrected chi connectivity index (χ1v) is 9.04. The van der Waals surface area contributed by atoms with Crippen LogP contribution in [0.25, 0.3) is 11.0 Å². The van der Waals surface area contributed by atoms with E-state index in [9.17, 15) is 0 Å². The summed E-state index contributed by atoms with van der Waals surface area (Å²) in [6.45, 7) is 9.61. The van der Waals surface area contributed by atoms with E-state index in [0.717, 1.165) is 39.8 Å². The molecule has 1 heterocycles. The van der Waals surface area contributed by atoms with Crippen LogP contribution in [-0.4, -0.2) is 21.9 Å². The molecule has 4 heteroatoms. The van der Waals surface area contributed by atoms with Crippen molar-refractivity contribution < 1.29 is 4.74 Å². The van der Waals surface area contributed by atoms with Crippen molar-refractivity contribution in [2.24, 2.45) is 0 Å². The highest BCUT2D eigenvalue weighted by Gasteiger charge is 2.10. The minimum absolute atomic E-state index is 0.657. The van der Waals surface area contributed by atoms with E-state index in [0.29, 0.717) is 6.61 Å². The van der Waals surface area contributed by atoms with E-state index in [1.807, 2.05) is 31.2 Å². The van der Waals surface area contributed by atoms with E-state index in [1.54, 1.807) is 11.8 Å². The van der Waals surface area contributed by atoms with Crippen molar-refractivity contribution in [3.63, 3.8) is 0 Å². The number of nitrogens with zero attached hydrogens (tertiary/aromatic N) is 2. The van der Waals surface area contributed by atoms with Crippen molar-refractivity contribution in [2.75, 3.05) is 12.4 Å². The lowest BCUT2D eigenvalue weighted by atomic mass is 10.2. The molecule has 24 heavy (non-hydrogen) atoms. The van der Waals surface area contributed by atoms with Crippen LogP contribution in [0.1, 0.15) is 12.5 Å². The number of benzene rings is 2. The van der Waals surface area contributed by atoms with Gasteiger partial charge < -0.3 is 9.30 Å². The first-order valence-electron chi connectivity index (χ1n) is 8.05. The van der Waals surface area contributed by atoms with E-state index >= 15 is 0 Å². The Balaban J connectivity index is 1.67. The van der Waals surface area contributed by atoms with Gasteiger partial charge in [-0.15, -0.1) is 0 Å². The molecule has 3 rings (SSSR count). The lowest BCUT2D eigenvalue weighted by molar-refractivity contribution is 0.343. The van der Waals surface area contributed by atoms with E-state index in [2.05, 4.69) is 42.3 Å². The molecule has 0 bridgehead atoms. The van der Waals surface area contributed by atoms with Crippen molar-refractivity contribution in [1.29, 1.82) is 0 Å². The predicted octanol–water partition coefficient (Wildman–Crippen LogP) is 5.09. The molecule has 1 aromatic heterocycles. The molecule has 0 aliphatic heterocycles. The number of ether oxygens (including phenoxy) is 1. The highest BCUT2D eigenvalue weighted by Crippen LogP contribution is 2.25. The van der Waals surface area contributed by atoms with Crippen LogP contribution in [0.3, 0.4) is 0 Å². The standard InChI is InChI=1S/C20H22N2OS/c1-15(2)14-22-19-10-5-4-9-18(19)21-20(22)24-12-11-23-17-8-6-7-16(3)13-17/h4-10,13H,1,11-12,14H2,2-3H3. The number of allylic oxidation sites excluding steroid dienone is 1.